The van der Waals surface area contributed by atoms with Crippen LogP contribution in [0.4, 0.5) is 0 Å². The fourth-order valence-corrected chi connectivity index (χ4v) is 0.865. The Hall–Kier alpha value is -1.01. The first-order chi connectivity index (χ1) is 5.84. The van der Waals surface area contributed by atoms with E-state index in [2.05, 4.69) is 25.9 Å². The van der Waals surface area contributed by atoms with Crippen molar-refractivity contribution in [2.45, 2.75) is 19.4 Å². The lowest BCUT2D eigenvalue weighted by atomic mass is 10.3. The smallest absolute Gasteiger partial charge is 0.191 e. The average molecular weight is 170 g/mol. The third-order valence-corrected chi connectivity index (χ3v) is 1.58. The molecule has 0 radical (unpaired) electrons. The quantitative estimate of drug-likeness (QED) is 0.503. The van der Waals surface area contributed by atoms with E-state index in [-0.39, 0.29) is 6.04 Å². The number of nitrogens with two attached hydrogens (primary N) is 1. The number of hydrogen-bond acceptors (Lipinski definition) is 5. The Morgan fingerprint density at radius 1 is 1.67 bits per heavy atom. The van der Waals surface area contributed by atoms with E-state index in [0.29, 0.717) is 12.4 Å². The fourth-order valence-electron chi connectivity index (χ4n) is 0.865. The highest BCUT2D eigenvalue weighted by molar-refractivity contribution is 4.85. The van der Waals surface area contributed by atoms with Crippen LogP contribution in [-0.4, -0.2) is 33.7 Å². The predicted molar refractivity (Wildman–Crippen MR) is 44.3 cm³/mol. The van der Waals surface area contributed by atoms with Crippen LogP contribution in [0.1, 0.15) is 25.2 Å². The van der Waals surface area contributed by atoms with E-state index >= 15 is 0 Å². The summed E-state index contributed by atoms with van der Waals surface area (Å²) >= 11 is 0. The van der Waals surface area contributed by atoms with Gasteiger partial charge in [-0.1, -0.05) is 5.21 Å². The first-order valence-corrected chi connectivity index (χ1v) is 4.01. The molecule has 0 aliphatic carbocycles. The predicted octanol–water partition coefficient (Wildman–Crippen LogP) is -0.801. The van der Waals surface area contributed by atoms with Gasteiger partial charge in [0.1, 0.15) is 0 Å². The van der Waals surface area contributed by atoms with Crippen LogP contribution in [0.3, 0.4) is 0 Å². The van der Waals surface area contributed by atoms with Crippen molar-refractivity contribution in [3.63, 3.8) is 0 Å². The number of hydrogen-bond donors (Lipinski definition) is 3. The lowest BCUT2D eigenvalue weighted by Gasteiger charge is -2.07. The molecule has 12 heavy (non-hydrogen) atoms. The molecule has 1 aromatic heterocycles. The summed E-state index contributed by atoms with van der Waals surface area (Å²) in [6, 6.07) is 0.135. The molecule has 6 heteroatoms. The Bertz CT molecular complexity index is 196. The minimum Gasteiger partial charge on any atom is -0.330 e. The number of rotatable bonds is 5. The maximum atomic E-state index is 5.34. The summed E-state index contributed by atoms with van der Waals surface area (Å²) in [7, 11) is 0. The van der Waals surface area contributed by atoms with Gasteiger partial charge < -0.3 is 11.1 Å². The lowest BCUT2D eigenvalue weighted by molar-refractivity contribution is 0.538. The zero-order valence-electron chi connectivity index (χ0n) is 7.12. The van der Waals surface area contributed by atoms with Gasteiger partial charge in [0.2, 0.25) is 0 Å². The topological polar surface area (TPSA) is 92.5 Å². The third kappa shape index (κ3) is 2.55. The van der Waals surface area contributed by atoms with Crippen LogP contribution in [0.25, 0.3) is 0 Å². The van der Waals surface area contributed by atoms with Gasteiger partial charge in [-0.25, -0.2) is 0 Å². The Kier molecular flexibility index (Phi) is 3.62. The highest BCUT2D eigenvalue weighted by Gasteiger charge is 2.07. The molecule has 0 fully saturated rings. The normalized spacial score (nSPS) is 13.2. The SMILES string of the molecule is CC(NCCCN)c1nn[nH]n1. The van der Waals surface area contributed by atoms with Crippen molar-refractivity contribution in [3.8, 4) is 0 Å². The number of aromatic amines is 1. The van der Waals surface area contributed by atoms with Crippen LogP contribution in [0.2, 0.25) is 0 Å². The van der Waals surface area contributed by atoms with Gasteiger partial charge in [0.25, 0.3) is 0 Å². The molecular weight excluding hydrogens is 156 g/mol. The van der Waals surface area contributed by atoms with E-state index in [9.17, 15) is 0 Å². The number of nitrogens with zero attached hydrogens (tertiary/aromatic N) is 3. The molecular formula is C6H14N6. The van der Waals surface area contributed by atoms with Gasteiger partial charge in [-0.05, 0) is 26.4 Å². The molecule has 68 valence electrons. The Labute approximate surface area is 70.9 Å². The summed E-state index contributed by atoms with van der Waals surface area (Å²) in [6.07, 6.45) is 0.961. The highest BCUT2D eigenvalue weighted by atomic mass is 15.5. The Balaban J connectivity index is 2.25. The van der Waals surface area contributed by atoms with Gasteiger partial charge in [-0.2, -0.15) is 5.21 Å². The molecule has 1 unspecified atom stereocenters. The molecule has 0 saturated heterocycles. The number of H-pyrrole nitrogens is 1. The number of aromatic nitrogens is 4. The van der Waals surface area contributed by atoms with Crippen molar-refractivity contribution < 1.29 is 0 Å². The van der Waals surface area contributed by atoms with Crippen LogP contribution in [0.5, 0.6) is 0 Å². The van der Waals surface area contributed by atoms with Gasteiger partial charge in [0, 0.05) is 0 Å². The van der Waals surface area contributed by atoms with E-state index in [1.165, 1.54) is 0 Å². The van der Waals surface area contributed by atoms with Gasteiger partial charge in [0.05, 0.1) is 6.04 Å². The maximum absolute atomic E-state index is 5.34. The second-order valence-corrected chi connectivity index (χ2v) is 2.59. The first kappa shape index (κ1) is 9.08. The molecule has 1 aromatic rings. The summed E-state index contributed by atoms with van der Waals surface area (Å²) in [5.74, 6) is 0.687. The molecule has 1 atom stereocenters. The second-order valence-electron chi connectivity index (χ2n) is 2.59. The molecule has 4 N–H and O–H groups in total. The maximum Gasteiger partial charge on any atom is 0.191 e. The van der Waals surface area contributed by atoms with Gasteiger partial charge >= 0.3 is 0 Å². The van der Waals surface area contributed by atoms with E-state index in [4.69, 9.17) is 5.73 Å². The van der Waals surface area contributed by atoms with Crippen LogP contribution in [-0.2, 0) is 0 Å². The fraction of sp³-hybridized carbons (Fsp3) is 0.833. The molecule has 0 saturated carbocycles. The zero-order chi connectivity index (χ0) is 8.81. The zero-order valence-corrected chi connectivity index (χ0v) is 7.12. The minimum absolute atomic E-state index is 0.135. The second kappa shape index (κ2) is 4.78. The molecule has 1 heterocycles. The van der Waals surface area contributed by atoms with Crippen molar-refractivity contribution in [3.05, 3.63) is 5.82 Å². The molecule has 0 spiro atoms. The van der Waals surface area contributed by atoms with Crippen molar-refractivity contribution in [2.75, 3.05) is 13.1 Å². The summed E-state index contributed by atoms with van der Waals surface area (Å²) in [4.78, 5) is 0. The largest absolute Gasteiger partial charge is 0.330 e. The van der Waals surface area contributed by atoms with Gasteiger partial charge in [-0.3, -0.25) is 0 Å². The van der Waals surface area contributed by atoms with Crippen LogP contribution in [0.15, 0.2) is 0 Å². The number of tetrazole rings is 1. The first-order valence-electron chi connectivity index (χ1n) is 4.01. The molecule has 6 nitrogen and oxygen atoms in total. The molecule has 0 aromatic carbocycles. The molecule has 0 aliphatic heterocycles. The number of nitrogens with one attached hydrogen (secondary N) is 2. The van der Waals surface area contributed by atoms with Gasteiger partial charge in [0.15, 0.2) is 5.82 Å². The third-order valence-electron chi connectivity index (χ3n) is 1.58. The van der Waals surface area contributed by atoms with Crippen LogP contribution in [0, 0.1) is 0 Å². The monoisotopic (exact) mass is 170 g/mol. The standard InChI is InChI=1S/C6H14N6/c1-5(8-4-2-3-7)6-9-11-12-10-6/h5,8H,2-4,7H2,1H3,(H,9,10,11,12). The molecule has 0 aliphatic rings. The molecule has 1 rings (SSSR count). The summed E-state index contributed by atoms with van der Waals surface area (Å²) in [6.45, 7) is 3.57. The van der Waals surface area contributed by atoms with Crippen LogP contribution < -0.4 is 11.1 Å². The van der Waals surface area contributed by atoms with Crippen LogP contribution >= 0.6 is 0 Å². The molecule has 0 amide bonds. The van der Waals surface area contributed by atoms with E-state index in [1.54, 1.807) is 0 Å². The Morgan fingerprint density at radius 2 is 2.50 bits per heavy atom. The van der Waals surface area contributed by atoms with E-state index in [0.717, 1.165) is 13.0 Å². The summed E-state index contributed by atoms with van der Waals surface area (Å²) < 4.78 is 0. The van der Waals surface area contributed by atoms with E-state index < -0.39 is 0 Å². The van der Waals surface area contributed by atoms with Crippen molar-refractivity contribution in [1.29, 1.82) is 0 Å². The highest BCUT2D eigenvalue weighted by Crippen LogP contribution is 2.01. The molecule has 0 bridgehead atoms. The summed E-state index contributed by atoms with van der Waals surface area (Å²) in [5.41, 5.74) is 5.34. The van der Waals surface area contributed by atoms with Crippen molar-refractivity contribution in [1.82, 2.24) is 25.9 Å². The lowest BCUT2D eigenvalue weighted by Crippen LogP contribution is -2.22. The van der Waals surface area contributed by atoms with Crippen molar-refractivity contribution >= 4 is 0 Å². The average Bonchev–Trinajstić information content (AvgIpc) is 2.56. The van der Waals surface area contributed by atoms with E-state index in [1.807, 2.05) is 6.92 Å². The van der Waals surface area contributed by atoms with Gasteiger partial charge in [-0.15, -0.1) is 10.2 Å². The summed E-state index contributed by atoms with van der Waals surface area (Å²) in [5, 5.41) is 16.8. The minimum atomic E-state index is 0.135. The Morgan fingerprint density at radius 3 is 3.08 bits per heavy atom. The van der Waals surface area contributed by atoms with Crippen molar-refractivity contribution in [2.24, 2.45) is 5.73 Å².